The van der Waals surface area contributed by atoms with Gasteiger partial charge in [0.15, 0.2) is 0 Å². The van der Waals surface area contributed by atoms with Crippen LogP contribution in [0.3, 0.4) is 0 Å². The van der Waals surface area contributed by atoms with E-state index in [2.05, 4.69) is 4.98 Å². The van der Waals surface area contributed by atoms with Crippen LogP contribution < -0.4 is 6.15 Å². The average molecular weight is 169 g/mol. The number of aryl methyl sites for hydroxylation is 2. The van der Waals surface area contributed by atoms with Gasteiger partial charge in [0.25, 0.3) is 5.69 Å². The summed E-state index contributed by atoms with van der Waals surface area (Å²) in [6.07, 6.45) is 2.98. The van der Waals surface area contributed by atoms with Gasteiger partial charge in [0.1, 0.15) is 0 Å². The topological polar surface area (TPSA) is 91.0 Å². The van der Waals surface area contributed by atoms with Gasteiger partial charge in [0, 0.05) is 23.5 Å². The Morgan fingerprint density at radius 3 is 2.00 bits per heavy atom. The molecule has 1 heterocycles. The SMILES string of the molecule is Cc1cncc(C)c1[N+](=O)[O-].N. The van der Waals surface area contributed by atoms with Crippen LogP contribution in [0.1, 0.15) is 11.1 Å². The fourth-order valence-corrected chi connectivity index (χ4v) is 0.982. The fourth-order valence-electron chi connectivity index (χ4n) is 0.982. The second kappa shape index (κ2) is 3.77. The second-order valence-corrected chi connectivity index (χ2v) is 2.38. The first-order valence-corrected chi connectivity index (χ1v) is 3.18. The number of aromatic nitrogens is 1. The lowest BCUT2D eigenvalue weighted by Crippen LogP contribution is -1.95. The van der Waals surface area contributed by atoms with Gasteiger partial charge in [-0.1, -0.05) is 0 Å². The highest BCUT2D eigenvalue weighted by atomic mass is 16.6. The minimum atomic E-state index is -0.383. The summed E-state index contributed by atoms with van der Waals surface area (Å²) in [7, 11) is 0. The van der Waals surface area contributed by atoms with Crippen molar-refractivity contribution in [3.63, 3.8) is 0 Å². The molecule has 0 spiro atoms. The van der Waals surface area contributed by atoms with Crippen molar-refractivity contribution < 1.29 is 4.92 Å². The summed E-state index contributed by atoms with van der Waals surface area (Å²) in [6, 6.07) is 0. The minimum Gasteiger partial charge on any atom is -0.344 e. The smallest absolute Gasteiger partial charge is 0.278 e. The largest absolute Gasteiger partial charge is 0.344 e. The first-order valence-electron chi connectivity index (χ1n) is 3.18. The van der Waals surface area contributed by atoms with Crippen molar-refractivity contribution in [1.29, 1.82) is 0 Å². The lowest BCUT2D eigenvalue weighted by atomic mass is 10.2. The van der Waals surface area contributed by atoms with Crippen molar-refractivity contribution in [3.05, 3.63) is 33.6 Å². The second-order valence-electron chi connectivity index (χ2n) is 2.38. The number of nitrogens with zero attached hydrogens (tertiary/aromatic N) is 2. The molecule has 5 nitrogen and oxygen atoms in total. The first-order chi connectivity index (χ1) is 5.13. The Morgan fingerprint density at radius 2 is 1.75 bits per heavy atom. The quantitative estimate of drug-likeness (QED) is 0.512. The molecule has 0 aliphatic carbocycles. The number of rotatable bonds is 1. The summed E-state index contributed by atoms with van der Waals surface area (Å²) >= 11 is 0. The van der Waals surface area contributed by atoms with Gasteiger partial charge in [0.05, 0.1) is 4.92 Å². The molecule has 0 saturated carbocycles. The predicted molar refractivity (Wildman–Crippen MR) is 45.4 cm³/mol. The number of pyridine rings is 1. The summed E-state index contributed by atoms with van der Waals surface area (Å²) in [5, 5.41) is 10.4. The maximum absolute atomic E-state index is 10.4. The summed E-state index contributed by atoms with van der Waals surface area (Å²) in [4.78, 5) is 13.9. The van der Waals surface area contributed by atoms with Crippen molar-refractivity contribution in [3.8, 4) is 0 Å². The maximum atomic E-state index is 10.4. The van der Waals surface area contributed by atoms with Crippen LogP contribution in [0.2, 0.25) is 0 Å². The zero-order chi connectivity index (χ0) is 8.43. The predicted octanol–water partition coefficient (Wildman–Crippen LogP) is 1.77. The van der Waals surface area contributed by atoms with Gasteiger partial charge < -0.3 is 6.15 Å². The Balaban J connectivity index is 0.00000121. The summed E-state index contributed by atoms with van der Waals surface area (Å²) in [5.41, 5.74) is 1.38. The van der Waals surface area contributed by atoms with Gasteiger partial charge in [-0.05, 0) is 13.8 Å². The molecule has 0 unspecified atom stereocenters. The average Bonchev–Trinajstić information content (AvgIpc) is 1.85. The van der Waals surface area contributed by atoms with Gasteiger partial charge in [-0.3, -0.25) is 15.1 Å². The van der Waals surface area contributed by atoms with Crippen molar-refractivity contribution in [2.75, 3.05) is 0 Å². The van der Waals surface area contributed by atoms with Crippen LogP contribution in [0.25, 0.3) is 0 Å². The van der Waals surface area contributed by atoms with Gasteiger partial charge in [0.2, 0.25) is 0 Å². The highest BCUT2D eigenvalue weighted by Crippen LogP contribution is 2.19. The molecule has 0 radical (unpaired) electrons. The van der Waals surface area contributed by atoms with E-state index in [4.69, 9.17) is 0 Å². The Morgan fingerprint density at radius 1 is 1.33 bits per heavy atom. The number of hydrogen-bond donors (Lipinski definition) is 1. The molecule has 0 saturated heterocycles. The minimum absolute atomic E-state index is 0. The molecule has 12 heavy (non-hydrogen) atoms. The summed E-state index contributed by atoms with van der Waals surface area (Å²) in [5.74, 6) is 0. The van der Waals surface area contributed by atoms with Crippen LogP contribution >= 0.6 is 0 Å². The molecule has 1 aromatic rings. The molecule has 3 N–H and O–H groups in total. The lowest BCUT2D eigenvalue weighted by Gasteiger charge is -1.97. The van der Waals surface area contributed by atoms with E-state index in [0.717, 1.165) is 0 Å². The van der Waals surface area contributed by atoms with Gasteiger partial charge in [-0.15, -0.1) is 0 Å². The van der Waals surface area contributed by atoms with Crippen LogP contribution in [0.5, 0.6) is 0 Å². The van der Waals surface area contributed by atoms with Crippen LogP contribution in [0.4, 0.5) is 5.69 Å². The van der Waals surface area contributed by atoms with E-state index in [1.165, 1.54) is 12.4 Å². The van der Waals surface area contributed by atoms with Crippen molar-refractivity contribution >= 4 is 5.69 Å². The Hall–Kier alpha value is -1.49. The molecule has 0 bridgehead atoms. The Labute approximate surface area is 70.2 Å². The molecule has 1 rings (SSSR count). The van der Waals surface area contributed by atoms with Crippen LogP contribution in [-0.4, -0.2) is 9.91 Å². The highest BCUT2D eigenvalue weighted by Gasteiger charge is 2.12. The number of hydrogen-bond acceptors (Lipinski definition) is 4. The van der Waals surface area contributed by atoms with Gasteiger partial charge in [-0.25, -0.2) is 0 Å². The van der Waals surface area contributed by atoms with Crippen LogP contribution in [0.15, 0.2) is 12.4 Å². The molecule has 0 aliphatic rings. The van der Waals surface area contributed by atoms with Crippen molar-refractivity contribution in [2.24, 2.45) is 0 Å². The summed E-state index contributed by atoms with van der Waals surface area (Å²) in [6.45, 7) is 3.36. The molecule has 0 fully saturated rings. The van der Waals surface area contributed by atoms with Crippen LogP contribution in [0, 0.1) is 24.0 Å². The molecule has 1 aromatic heterocycles. The molecule has 5 heteroatoms. The van der Waals surface area contributed by atoms with E-state index in [0.29, 0.717) is 11.1 Å². The van der Waals surface area contributed by atoms with Crippen molar-refractivity contribution in [1.82, 2.24) is 11.1 Å². The molecule has 0 amide bonds. The van der Waals surface area contributed by atoms with Crippen LogP contribution in [-0.2, 0) is 0 Å². The fraction of sp³-hybridized carbons (Fsp3) is 0.286. The zero-order valence-corrected chi connectivity index (χ0v) is 7.07. The van der Waals surface area contributed by atoms with Gasteiger partial charge in [-0.2, -0.15) is 0 Å². The third kappa shape index (κ3) is 1.76. The van der Waals surface area contributed by atoms with E-state index >= 15 is 0 Å². The standard InChI is InChI=1S/C7H8N2O2.H3N/c1-5-3-8-4-6(2)7(5)9(10)11;/h3-4H,1-2H3;1H3. The third-order valence-corrected chi connectivity index (χ3v) is 1.47. The first kappa shape index (κ1) is 10.5. The normalized spacial score (nSPS) is 8.83. The van der Waals surface area contributed by atoms with E-state index in [1.807, 2.05) is 0 Å². The van der Waals surface area contributed by atoms with Crippen molar-refractivity contribution in [2.45, 2.75) is 13.8 Å². The molecule has 66 valence electrons. The van der Waals surface area contributed by atoms with E-state index in [9.17, 15) is 10.1 Å². The molecular formula is C7H11N3O2. The molecule has 0 atom stereocenters. The number of nitro groups is 1. The van der Waals surface area contributed by atoms with E-state index in [1.54, 1.807) is 13.8 Å². The maximum Gasteiger partial charge on any atom is 0.278 e. The zero-order valence-electron chi connectivity index (χ0n) is 7.07. The van der Waals surface area contributed by atoms with Gasteiger partial charge >= 0.3 is 0 Å². The Bertz CT molecular complexity index is 278. The molecule has 0 aromatic carbocycles. The lowest BCUT2D eigenvalue weighted by molar-refractivity contribution is -0.386. The monoisotopic (exact) mass is 169 g/mol. The Kier molecular flexibility index (Phi) is 3.30. The van der Waals surface area contributed by atoms with E-state index in [-0.39, 0.29) is 16.8 Å². The molecular weight excluding hydrogens is 158 g/mol. The highest BCUT2D eigenvalue weighted by molar-refractivity contribution is 5.43. The molecule has 0 aliphatic heterocycles. The summed E-state index contributed by atoms with van der Waals surface area (Å²) < 4.78 is 0. The van der Waals surface area contributed by atoms with E-state index < -0.39 is 0 Å². The third-order valence-electron chi connectivity index (χ3n) is 1.47.